The van der Waals surface area contributed by atoms with Crippen molar-refractivity contribution >= 4 is 22.4 Å². The van der Waals surface area contributed by atoms with Crippen LogP contribution in [0.15, 0.2) is 36.4 Å². The van der Waals surface area contributed by atoms with Gasteiger partial charge in [0.2, 0.25) is 0 Å². The molecule has 100 valence electrons. The molecule has 0 aliphatic carbocycles. The van der Waals surface area contributed by atoms with Crippen LogP contribution in [0.4, 0.5) is 5.69 Å². The van der Waals surface area contributed by atoms with Crippen LogP contribution in [0.3, 0.4) is 0 Å². The molecule has 0 radical (unpaired) electrons. The molecule has 3 heteroatoms. The van der Waals surface area contributed by atoms with Crippen LogP contribution in [-0.2, 0) is 0 Å². The fraction of sp³-hybridized carbons (Fsp3) is 0.312. The quantitative estimate of drug-likeness (QED) is 0.824. The Kier molecular flexibility index (Phi) is 4.05. The van der Waals surface area contributed by atoms with E-state index in [2.05, 4.69) is 12.2 Å². The third-order valence-electron chi connectivity index (χ3n) is 3.26. The first kappa shape index (κ1) is 13.4. The van der Waals surface area contributed by atoms with Crippen molar-refractivity contribution in [3.63, 3.8) is 0 Å². The van der Waals surface area contributed by atoms with Gasteiger partial charge in [-0.1, -0.05) is 37.6 Å². The predicted octanol–water partition coefficient (Wildman–Crippen LogP) is 3.34. The Morgan fingerprint density at radius 2 is 1.89 bits per heavy atom. The molecule has 0 aromatic heterocycles. The number of hydrogen-bond donors (Lipinski definition) is 2. The number of nitrogens with one attached hydrogen (secondary N) is 1. The Morgan fingerprint density at radius 3 is 2.53 bits per heavy atom. The van der Waals surface area contributed by atoms with E-state index in [1.165, 1.54) is 0 Å². The molecule has 2 rings (SSSR count). The average Bonchev–Trinajstić information content (AvgIpc) is 2.38. The molecule has 0 bridgehead atoms. The molecule has 3 N–H and O–H groups in total. The highest BCUT2D eigenvalue weighted by Gasteiger charge is 2.13. The summed E-state index contributed by atoms with van der Waals surface area (Å²) in [6.45, 7) is 4.12. The minimum atomic E-state index is -0.0933. The van der Waals surface area contributed by atoms with Gasteiger partial charge in [0.1, 0.15) is 0 Å². The SMILES string of the molecule is CCCC(C)NC(=O)c1cc2ccccc2cc1N. The van der Waals surface area contributed by atoms with Gasteiger partial charge < -0.3 is 11.1 Å². The number of fused-ring (bicyclic) bond motifs is 1. The molecule has 2 aromatic carbocycles. The summed E-state index contributed by atoms with van der Waals surface area (Å²) in [5.74, 6) is -0.0933. The first-order valence-corrected chi connectivity index (χ1v) is 6.71. The number of anilines is 1. The van der Waals surface area contributed by atoms with Crippen LogP contribution in [0, 0.1) is 0 Å². The minimum Gasteiger partial charge on any atom is -0.398 e. The van der Waals surface area contributed by atoms with E-state index >= 15 is 0 Å². The van der Waals surface area contributed by atoms with Crippen LogP contribution in [0.25, 0.3) is 10.8 Å². The normalized spacial score (nSPS) is 12.3. The molecule has 0 aliphatic rings. The fourth-order valence-electron chi connectivity index (χ4n) is 2.26. The van der Waals surface area contributed by atoms with Gasteiger partial charge in [-0.05, 0) is 36.2 Å². The summed E-state index contributed by atoms with van der Waals surface area (Å²) in [6, 6.07) is 11.8. The van der Waals surface area contributed by atoms with Crippen LogP contribution in [0.2, 0.25) is 0 Å². The molecule has 1 atom stereocenters. The number of nitrogens with two attached hydrogens (primary N) is 1. The van der Waals surface area contributed by atoms with Gasteiger partial charge in [0, 0.05) is 11.7 Å². The van der Waals surface area contributed by atoms with Crippen molar-refractivity contribution in [2.24, 2.45) is 0 Å². The molecular formula is C16H20N2O. The third-order valence-corrected chi connectivity index (χ3v) is 3.26. The van der Waals surface area contributed by atoms with Gasteiger partial charge in [0.05, 0.1) is 5.56 Å². The summed E-state index contributed by atoms with van der Waals surface area (Å²) in [6.07, 6.45) is 2.02. The van der Waals surface area contributed by atoms with E-state index in [9.17, 15) is 4.79 Å². The number of hydrogen-bond acceptors (Lipinski definition) is 2. The highest BCUT2D eigenvalue weighted by atomic mass is 16.1. The van der Waals surface area contributed by atoms with E-state index < -0.39 is 0 Å². The van der Waals surface area contributed by atoms with E-state index in [-0.39, 0.29) is 11.9 Å². The van der Waals surface area contributed by atoms with Gasteiger partial charge in [-0.3, -0.25) is 4.79 Å². The molecule has 0 fully saturated rings. The van der Waals surface area contributed by atoms with Gasteiger partial charge >= 0.3 is 0 Å². The van der Waals surface area contributed by atoms with Crippen LogP contribution in [0.1, 0.15) is 37.0 Å². The number of amides is 1. The van der Waals surface area contributed by atoms with Gasteiger partial charge in [0.15, 0.2) is 0 Å². The molecule has 19 heavy (non-hydrogen) atoms. The third kappa shape index (κ3) is 3.05. The molecule has 0 saturated heterocycles. The zero-order valence-corrected chi connectivity index (χ0v) is 11.4. The smallest absolute Gasteiger partial charge is 0.253 e. The topological polar surface area (TPSA) is 55.1 Å². The molecule has 3 nitrogen and oxygen atoms in total. The van der Waals surface area contributed by atoms with Crippen molar-refractivity contribution in [1.82, 2.24) is 5.32 Å². The van der Waals surface area contributed by atoms with Crippen molar-refractivity contribution in [2.75, 3.05) is 5.73 Å². The Labute approximate surface area is 113 Å². The molecule has 1 amide bonds. The molecule has 2 aromatic rings. The molecule has 0 heterocycles. The zero-order valence-electron chi connectivity index (χ0n) is 11.4. The maximum absolute atomic E-state index is 12.2. The van der Waals surface area contributed by atoms with Crippen molar-refractivity contribution in [1.29, 1.82) is 0 Å². The second-order valence-corrected chi connectivity index (χ2v) is 4.95. The summed E-state index contributed by atoms with van der Waals surface area (Å²) < 4.78 is 0. The number of benzene rings is 2. The summed E-state index contributed by atoms with van der Waals surface area (Å²) in [7, 11) is 0. The number of nitrogen functional groups attached to an aromatic ring is 1. The lowest BCUT2D eigenvalue weighted by molar-refractivity contribution is 0.0939. The molecule has 1 unspecified atom stereocenters. The lowest BCUT2D eigenvalue weighted by Gasteiger charge is -2.14. The largest absolute Gasteiger partial charge is 0.398 e. The Morgan fingerprint density at radius 1 is 1.26 bits per heavy atom. The van der Waals surface area contributed by atoms with E-state index in [1.807, 2.05) is 43.3 Å². The zero-order chi connectivity index (χ0) is 13.8. The standard InChI is InChI=1S/C16H20N2O/c1-3-6-11(2)18-16(19)14-9-12-7-4-5-8-13(12)10-15(14)17/h4-5,7-11H,3,6,17H2,1-2H3,(H,18,19). The Hall–Kier alpha value is -2.03. The maximum Gasteiger partial charge on any atom is 0.253 e. The van der Waals surface area contributed by atoms with E-state index in [0.29, 0.717) is 11.3 Å². The van der Waals surface area contributed by atoms with Crippen molar-refractivity contribution in [2.45, 2.75) is 32.7 Å². The second-order valence-electron chi connectivity index (χ2n) is 4.95. The fourth-order valence-corrected chi connectivity index (χ4v) is 2.26. The monoisotopic (exact) mass is 256 g/mol. The molecule has 0 saturated carbocycles. The van der Waals surface area contributed by atoms with Crippen LogP contribution in [-0.4, -0.2) is 11.9 Å². The number of rotatable bonds is 4. The maximum atomic E-state index is 12.2. The number of carbonyl (C=O) groups excluding carboxylic acids is 1. The summed E-state index contributed by atoms with van der Waals surface area (Å²) in [5, 5.41) is 5.07. The lowest BCUT2D eigenvalue weighted by Crippen LogP contribution is -2.32. The second kappa shape index (κ2) is 5.74. The first-order valence-electron chi connectivity index (χ1n) is 6.71. The molecular weight excluding hydrogens is 236 g/mol. The van der Waals surface area contributed by atoms with E-state index in [4.69, 9.17) is 5.73 Å². The van der Waals surface area contributed by atoms with Crippen molar-refractivity contribution in [3.05, 3.63) is 42.0 Å². The average molecular weight is 256 g/mol. The van der Waals surface area contributed by atoms with Crippen LogP contribution in [0.5, 0.6) is 0 Å². The van der Waals surface area contributed by atoms with Crippen LogP contribution >= 0.6 is 0 Å². The van der Waals surface area contributed by atoms with Gasteiger partial charge in [0.25, 0.3) is 5.91 Å². The van der Waals surface area contributed by atoms with Gasteiger partial charge in [-0.15, -0.1) is 0 Å². The van der Waals surface area contributed by atoms with E-state index in [1.54, 1.807) is 0 Å². The summed E-state index contributed by atoms with van der Waals surface area (Å²) in [4.78, 5) is 12.2. The first-order chi connectivity index (χ1) is 9.11. The van der Waals surface area contributed by atoms with Gasteiger partial charge in [-0.25, -0.2) is 0 Å². The lowest BCUT2D eigenvalue weighted by atomic mass is 10.0. The van der Waals surface area contributed by atoms with E-state index in [0.717, 1.165) is 23.6 Å². The highest BCUT2D eigenvalue weighted by Crippen LogP contribution is 2.22. The summed E-state index contributed by atoms with van der Waals surface area (Å²) >= 11 is 0. The summed E-state index contributed by atoms with van der Waals surface area (Å²) in [5.41, 5.74) is 7.06. The minimum absolute atomic E-state index is 0.0933. The molecule has 0 spiro atoms. The van der Waals surface area contributed by atoms with Crippen molar-refractivity contribution in [3.8, 4) is 0 Å². The molecule has 0 aliphatic heterocycles. The Bertz CT molecular complexity index is 592. The van der Waals surface area contributed by atoms with Crippen LogP contribution < -0.4 is 11.1 Å². The van der Waals surface area contributed by atoms with Crippen molar-refractivity contribution < 1.29 is 4.79 Å². The Balaban J connectivity index is 2.29. The van der Waals surface area contributed by atoms with Gasteiger partial charge in [-0.2, -0.15) is 0 Å². The predicted molar refractivity (Wildman–Crippen MR) is 80.2 cm³/mol. The number of carbonyl (C=O) groups is 1. The highest BCUT2D eigenvalue weighted by molar-refractivity contribution is 6.04.